The first-order valence-electron chi connectivity index (χ1n) is 3.04. The summed E-state index contributed by atoms with van der Waals surface area (Å²) in [6.07, 6.45) is 0. The molecule has 0 unspecified atom stereocenters. The van der Waals surface area contributed by atoms with Gasteiger partial charge in [0.1, 0.15) is 4.32 Å². The van der Waals surface area contributed by atoms with E-state index in [-0.39, 0.29) is 0 Å². The molecule has 0 heterocycles. The molecule has 1 N–H and O–H groups in total. The van der Waals surface area contributed by atoms with Crippen molar-refractivity contribution in [2.24, 2.45) is 0 Å². The van der Waals surface area contributed by atoms with Gasteiger partial charge >= 0.3 is 0 Å². The van der Waals surface area contributed by atoms with Gasteiger partial charge in [0.2, 0.25) is 0 Å². The van der Waals surface area contributed by atoms with Crippen LogP contribution in [0.3, 0.4) is 0 Å². The average molecular weight is 283 g/mol. The van der Waals surface area contributed by atoms with Gasteiger partial charge in [-0.15, -0.1) is 12.6 Å². The zero-order valence-electron chi connectivity index (χ0n) is 5.84. The fourth-order valence-corrected chi connectivity index (χ4v) is 1.37. The van der Waals surface area contributed by atoms with Crippen LogP contribution in [0.1, 0.15) is 0 Å². The van der Waals surface area contributed by atoms with Crippen molar-refractivity contribution >= 4 is 62.4 Å². The molecule has 5 heteroatoms. The van der Waals surface area contributed by atoms with Crippen molar-refractivity contribution in [2.75, 3.05) is 5.32 Å². The van der Waals surface area contributed by atoms with E-state index in [1.807, 2.05) is 12.1 Å². The first-order valence-corrected chi connectivity index (χ1v) is 5.07. The number of hydrogen-bond acceptors (Lipinski definition) is 1. The number of thiocarbonyl (C=S) groups is 1. The van der Waals surface area contributed by atoms with E-state index in [4.69, 9.17) is 23.8 Å². The van der Waals surface area contributed by atoms with Crippen molar-refractivity contribution < 1.29 is 0 Å². The monoisotopic (exact) mass is 281 g/mol. The highest BCUT2D eigenvalue weighted by Crippen LogP contribution is 2.25. The molecule has 0 aliphatic heterocycles. The maximum Gasteiger partial charge on any atom is 0.135 e. The Bertz CT molecular complexity index is 316. The molecule has 0 atom stereocenters. The van der Waals surface area contributed by atoms with Crippen LogP contribution in [-0.2, 0) is 0 Å². The number of halogens is 2. The Morgan fingerprint density at radius 3 is 2.75 bits per heavy atom. The first kappa shape index (κ1) is 10.3. The van der Waals surface area contributed by atoms with Crippen LogP contribution in [0.4, 0.5) is 5.69 Å². The number of benzene rings is 1. The van der Waals surface area contributed by atoms with Crippen LogP contribution in [0, 0.1) is 0 Å². The predicted molar refractivity (Wildman–Crippen MR) is 64.4 cm³/mol. The molecule has 64 valence electrons. The highest BCUT2D eigenvalue weighted by Gasteiger charge is 1.98. The largest absolute Gasteiger partial charge is 0.341 e. The van der Waals surface area contributed by atoms with Gasteiger partial charge in [-0.05, 0) is 34.1 Å². The van der Waals surface area contributed by atoms with Gasteiger partial charge in [-0.25, -0.2) is 0 Å². The smallest absolute Gasteiger partial charge is 0.135 e. The van der Waals surface area contributed by atoms with E-state index in [0.717, 1.165) is 10.2 Å². The lowest BCUT2D eigenvalue weighted by molar-refractivity contribution is 1.62. The number of hydrogen-bond donors (Lipinski definition) is 2. The third-order valence-electron chi connectivity index (χ3n) is 1.17. The van der Waals surface area contributed by atoms with Gasteiger partial charge in [-0.2, -0.15) is 0 Å². The van der Waals surface area contributed by atoms with Gasteiger partial charge in [-0.1, -0.05) is 23.8 Å². The Morgan fingerprint density at radius 1 is 1.58 bits per heavy atom. The normalized spacial score (nSPS) is 9.58. The molecular weight excluding hydrogens is 278 g/mol. The Hall–Kier alpha value is 0.230. The van der Waals surface area contributed by atoms with Crippen molar-refractivity contribution in [1.29, 1.82) is 0 Å². The second kappa shape index (κ2) is 4.46. The third kappa shape index (κ3) is 2.94. The lowest BCUT2D eigenvalue weighted by Gasteiger charge is -2.03. The van der Waals surface area contributed by atoms with Crippen molar-refractivity contribution in [3.05, 3.63) is 27.7 Å². The molecule has 0 fully saturated rings. The number of thiol groups is 1. The van der Waals surface area contributed by atoms with Crippen LogP contribution in [0.5, 0.6) is 0 Å². The molecule has 0 aromatic heterocycles. The molecule has 0 bridgehead atoms. The van der Waals surface area contributed by atoms with Crippen molar-refractivity contribution in [2.45, 2.75) is 0 Å². The van der Waals surface area contributed by atoms with E-state index in [1.165, 1.54) is 0 Å². The van der Waals surface area contributed by atoms with Crippen LogP contribution in [-0.4, -0.2) is 4.32 Å². The molecule has 0 aliphatic rings. The molecule has 0 amide bonds. The molecule has 0 radical (unpaired) electrons. The van der Waals surface area contributed by atoms with E-state index < -0.39 is 0 Å². The van der Waals surface area contributed by atoms with Gasteiger partial charge in [0.25, 0.3) is 0 Å². The molecule has 0 saturated heterocycles. The first-order chi connectivity index (χ1) is 5.59. The highest BCUT2D eigenvalue weighted by molar-refractivity contribution is 9.10. The SMILES string of the molecule is S=C(S)Nc1ccc(Br)c(Cl)c1. The molecule has 1 aromatic rings. The van der Waals surface area contributed by atoms with Crippen LogP contribution in [0.15, 0.2) is 22.7 Å². The number of anilines is 1. The lowest BCUT2D eigenvalue weighted by Crippen LogP contribution is -2.00. The summed E-state index contributed by atoms with van der Waals surface area (Å²) in [6, 6.07) is 5.48. The highest BCUT2D eigenvalue weighted by atomic mass is 79.9. The minimum absolute atomic E-state index is 0.424. The average Bonchev–Trinajstić information content (AvgIpc) is 1.96. The van der Waals surface area contributed by atoms with Gasteiger partial charge in [0.15, 0.2) is 0 Å². The summed E-state index contributed by atoms with van der Waals surface area (Å²) in [5.41, 5.74) is 0.836. The standard InChI is InChI=1S/C7H5BrClNS2/c8-5-2-1-4(3-6(5)9)10-7(11)12/h1-3H,(H2,10,11,12). The zero-order chi connectivity index (χ0) is 9.14. The van der Waals surface area contributed by atoms with E-state index in [1.54, 1.807) is 6.07 Å². The van der Waals surface area contributed by atoms with Gasteiger partial charge < -0.3 is 5.32 Å². The molecular formula is C7H5BrClNS2. The third-order valence-corrected chi connectivity index (χ3v) is 2.62. The number of nitrogens with one attached hydrogen (secondary N) is 1. The van der Waals surface area contributed by atoms with E-state index in [9.17, 15) is 0 Å². The van der Waals surface area contributed by atoms with Crippen molar-refractivity contribution in [3.8, 4) is 0 Å². The maximum absolute atomic E-state index is 5.84. The van der Waals surface area contributed by atoms with Crippen LogP contribution in [0.25, 0.3) is 0 Å². The van der Waals surface area contributed by atoms with Crippen LogP contribution >= 0.6 is 52.4 Å². The summed E-state index contributed by atoms with van der Waals surface area (Å²) >= 11 is 17.8. The van der Waals surface area contributed by atoms with Crippen LogP contribution < -0.4 is 5.32 Å². The minimum Gasteiger partial charge on any atom is -0.341 e. The zero-order valence-corrected chi connectivity index (χ0v) is 9.90. The molecule has 12 heavy (non-hydrogen) atoms. The molecule has 1 nitrogen and oxygen atoms in total. The predicted octanol–water partition coefficient (Wildman–Crippen LogP) is 3.73. The molecule has 0 aliphatic carbocycles. The molecule has 1 aromatic carbocycles. The molecule has 1 rings (SSSR count). The fourth-order valence-electron chi connectivity index (χ4n) is 0.697. The van der Waals surface area contributed by atoms with Crippen molar-refractivity contribution in [1.82, 2.24) is 0 Å². The Morgan fingerprint density at radius 2 is 2.25 bits per heavy atom. The Kier molecular flexibility index (Phi) is 3.83. The van der Waals surface area contributed by atoms with Crippen molar-refractivity contribution in [3.63, 3.8) is 0 Å². The summed E-state index contributed by atoms with van der Waals surface area (Å²) in [7, 11) is 0. The second-order valence-electron chi connectivity index (χ2n) is 2.06. The Balaban J connectivity index is 2.89. The van der Waals surface area contributed by atoms with Crippen LogP contribution in [0.2, 0.25) is 5.02 Å². The topological polar surface area (TPSA) is 12.0 Å². The summed E-state index contributed by atoms with van der Waals surface area (Å²) in [6.45, 7) is 0. The minimum atomic E-state index is 0.424. The van der Waals surface area contributed by atoms with Gasteiger partial charge in [-0.3, -0.25) is 0 Å². The molecule has 0 saturated carbocycles. The van der Waals surface area contributed by atoms with E-state index in [2.05, 4.69) is 33.9 Å². The molecule has 0 spiro atoms. The summed E-state index contributed by atoms with van der Waals surface area (Å²) in [4.78, 5) is 0. The van der Waals surface area contributed by atoms with E-state index >= 15 is 0 Å². The van der Waals surface area contributed by atoms with Gasteiger partial charge in [0, 0.05) is 10.2 Å². The number of rotatable bonds is 1. The Labute approximate surface area is 95.0 Å². The lowest BCUT2D eigenvalue weighted by atomic mass is 10.3. The maximum atomic E-state index is 5.84. The van der Waals surface area contributed by atoms with Gasteiger partial charge in [0.05, 0.1) is 5.02 Å². The fraction of sp³-hybridized carbons (Fsp3) is 0. The van der Waals surface area contributed by atoms with E-state index in [0.29, 0.717) is 9.34 Å². The summed E-state index contributed by atoms with van der Waals surface area (Å²) in [5, 5.41) is 3.51. The summed E-state index contributed by atoms with van der Waals surface area (Å²) in [5.74, 6) is 0. The quantitative estimate of drug-likeness (QED) is 0.601. The summed E-state index contributed by atoms with van der Waals surface area (Å²) < 4.78 is 1.29. The second-order valence-corrected chi connectivity index (χ2v) is 4.48.